The van der Waals surface area contributed by atoms with Gasteiger partial charge in [-0.05, 0) is 36.9 Å². The normalized spacial score (nSPS) is 18.3. The molecule has 1 aliphatic rings. The number of nitrogens with zero attached hydrogens (tertiary/aromatic N) is 3. The Labute approximate surface area is 104 Å². The van der Waals surface area contributed by atoms with Crippen LogP contribution in [0.15, 0.2) is 12.3 Å². The predicted molar refractivity (Wildman–Crippen MR) is 63.8 cm³/mol. The van der Waals surface area contributed by atoms with Crippen molar-refractivity contribution < 1.29 is 4.39 Å². The molecule has 0 amide bonds. The Kier molecular flexibility index (Phi) is 2.36. The summed E-state index contributed by atoms with van der Waals surface area (Å²) in [5, 5.41) is 4.28. The lowest BCUT2D eigenvalue weighted by atomic mass is 9.65. The van der Waals surface area contributed by atoms with Crippen LogP contribution in [0.4, 0.5) is 4.39 Å². The molecule has 17 heavy (non-hydrogen) atoms. The van der Waals surface area contributed by atoms with Crippen LogP contribution in [-0.4, -0.2) is 14.6 Å². The van der Waals surface area contributed by atoms with Gasteiger partial charge in [-0.25, -0.2) is 13.9 Å². The van der Waals surface area contributed by atoms with Crippen LogP contribution in [0, 0.1) is 5.82 Å². The van der Waals surface area contributed by atoms with E-state index in [1.165, 1.54) is 12.6 Å². The van der Waals surface area contributed by atoms with Crippen molar-refractivity contribution in [3.63, 3.8) is 0 Å². The maximum atomic E-state index is 13.8. The molecule has 0 saturated heterocycles. The van der Waals surface area contributed by atoms with E-state index in [2.05, 4.69) is 17.0 Å². The lowest BCUT2D eigenvalue weighted by Crippen LogP contribution is -2.35. The van der Waals surface area contributed by atoms with Gasteiger partial charge in [0.25, 0.3) is 0 Å². The van der Waals surface area contributed by atoms with Crippen molar-refractivity contribution >= 4 is 17.1 Å². The van der Waals surface area contributed by atoms with E-state index in [-0.39, 0.29) is 16.5 Å². The first-order valence-corrected chi connectivity index (χ1v) is 6.24. The highest BCUT2D eigenvalue weighted by Crippen LogP contribution is 2.46. The number of fused-ring (bicyclic) bond motifs is 1. The van der Waals surface area contributed by atoms with Crippen molar-refractivity contribution in [1.29, 1.82) is 0 Å². The lowest BCUT2D eigenvalue weighted by Gasteiger charge is -2.40. The van der Waals surface area contributed by atoms with Crippen molar-refractivity contribution in [2.45, 2.75) is 38.0 Å². The van der Waals surface area contributed by atoms with Gasteiger partial charge in [-0.2, -0.15) is 0 Å². The highest BCUT2D eigenvalue weighted by atomic mass is 35.5. The minimum atomic E-state index is -0.267. The third-order valence-electron chi connectivity index (χ3n) is 3.97. The largest absolute Gasteiger partial charge is 0.241 e. The smallest absolute Gasteiger partial charge is 0.230 e. The quantitative estimate of drug-likeness (QED) is 0.822. The maximum absolute atomic E-state index is 13.8. The van der Waals surface area contributed by atoms with Crippen LogP contribution in [0.25, 0.3) is 5.52 Å². The van der Waals surface area contributed by atoms with Crippen LogP contribution < -0.4 is 0 Å². The first-order valence-electron chi connectivity index (χ1n) is 5.86. The summed E-state index contributed by atoms with van der Waals surface area (Å²) < 4.78 is 15.4. The van der Waals surface area contributed by atoms with E-state index in [1.807, 2.05) is 0 Å². The Hall–Kier alpha value is -1.16. The van der Waals surface area contributed by atoms with E-state index >= 15 is 0 Å². The standard InChI is InChI=1S/C12H13ClFN3/c1-2-12(4-3-5-12)10-6-8(14)9-7-15-11(13)16-17(9)10/h6-7H,2-5H2,1H3. The summed E-state index contributed by atoms with van der Waals surface area (Å²) in [6.07, 6.45) is 5.82. The summed E-state index contributed by atoms with van der Waals surface area (Å²) in [4.78, 5) is 3.83. The van der Waals surface area contributed by atoms with Crippen molar-refractivity contribution in [2.24, 2.45) is 0 Å². The Bertz CT molecular complexity index is 569. The molecule has 3 rings (SSSR count). The zero-order valence-electron chi connectivity index (χ0n) is 9.58. The van der Waals surface area contributed by atoms with Gasteiger partial charge >= 0.3 is 0 Å². The van der Waals surface area contributed by atoms with Gasteiger partial charge in [0, 0.05) is 5.41 Å². The van der Waals surface area contributed by atoms with Gasteiger partial charge in [-0.3, -0.25) is 0 Å². The van der Waals surface area contributed by atoms with E-state index in [0.717, 1.165) is 25.0 Å². The number of hydrogen-bond donors (Lipinski definition) is 0. The zero-order valence-corrected chi connectivity index (χ0v) is 10.3. The second-order valence-electron chi connectivity index (χ2n) is 4.69. The number of aromatic nitrogens is 3. The predicted octanol–water partition coefficient (Wildman–Crippen LogP) is 3.35. The number of hydrogen-bond acceptors (Lipinski definition) is 2. The van der Waals surface area contributed by atoms with Crippen LogP contribution in [-0.2, 0) is 5.41 Å². The van der Waals surface area contributed by atoms with Crippen LogP contribution in [0.1, 0.15) is 38.3 Å². The molecule has 3 nitrogen and oxygen atoms in total. The summed E-state index contributed by atoms with van der Waals surface area (Å²) in [7, 11) is 0. The Morgan fingerprint density at radius 1 is 1.53 bits per heavy atom. The second kappa shape index (κ2) is 3.67. The number of rotatable bonds is 2. The Balaban J connectivity index is 2.25. The third-order valence-corrected chi connectivity index (χ3v) is 4.14. The summed E-state index contributed by atoms with van der Waals surface area (Å²) in [5.41, 5.74) is 1.41. The summed E-state index contributed by atoms with van der Waals surface area (Å²) >= 11 is 5.79. The molecule has 0 bridgehead atoms. The molecule has 1 saturated carbocycles. The molecule has 1 fully saturated rings. The molecule has 0 aliphatic heterocycles. The summed E-state index contributed by atoms with van der Waals surface area (Å²) in [6.45, 7) is 2.14. The molecule has 0 radical (unpaired) electrons. The fraction of sp³-hybridized carbons (Fsp3) is 0.500. The molecule has 90 valence electrons. The molecular formula is C12H13ClFN3. The average Bonchev–Trinajstić information content (AvgIpc) is 2.56. The van der Waals surface area contributed by atoms with Crippen LogP contribution in [0.3, 0.4) is 0 Å². The van der Waals surface area contributed by atoms with E-state index in [4.69, 9.17) is 11.6 Å². The number of halogens is 2. The van der Waals surface area contributed by atoms with Crippen molar-refractivity contribution in [3.05, 3.63) is 29.1 Å². The first-order chi connectivity index (χ1) is 8.16. The minimum absolute atomic E-state index is 0.0743. The molecule has 0 unspecified atom stereocenters. The van der Waals surface area contributed by atoms with Gasteiger partial charge in [0.1, 0.15) is 5.52 Å². The van der Waals surface area contributed by atoms with E-state index in [0.29, 0.717) is 5.52 Å². The minimum Gasteiger partial charge on any atom is -0.230 e. The topological polar surface area (TPSA) is 30.2 Å². The molecule has 1 aliphatic carbocycles. The first kappa shape index (κ1) is 11.0. The Morgan fingerprint density at radius 3 is 2.88 bits per heavy atom. The van der Waals surface area contributed by atoms with Gasteiger partial charge in [0.15, 0.2) is 5.82 Å². The monoisotopic (exact) mass is 253 g/mol. The van der Waals surface area contributed by atoms with Gasteiger partial charge in [0.2, 0.25) is 5.28 Å². The van der Waals surface area contributed by atoms with Gasteiger partial charge in [-0.15, -0.1) is 5.10 Å². The van der Waals surface area contributed by atoms with E-state index in [1.54, 1.807) is 10.6 Å². The second-order valence-corrected chi connectivity index (χ2v) is 5.03. The SMILES string of the molecule is CCC1(c2cc(F)c3cnc(Cl)nn23)CCC1. The van der Waals surface area contributed by atoms with Gasteiger partial charge < -0.3 is 0 Å². The summed E-state index contributed by atoms with van der Waals surface area (Å²) in [6, 6.07) is 1.59. The summed E-state index contributed by atoms with van der Waals surface area (Å²) in [5.74, 6) is -0.267. The fourth-order valence-corrected chi connectivity index (χ4v) is 2.83. The fourth-order valence-electron chi connectivity index (χ4n) is 2.70. The van der Waals surface area contributed by atoms with Crippen molar-refractivity contribution in [2.75, 3.05) is 0 Å². The molecule has 0 N–H and O–H groups in total. The van der Waals surface area contributed by atoms with Crippen LogP contribution in [0.2, 0.25) is 5.28 Å². The van der Waals surface area contributed by atoms with Crippen molar-refractivity contribution in [1.82, 2.24) is 14.6 Å². The molecular weight excluding hydrogens is 241 g/mol. The average molecular weight is 254 g/mol. The molecule has 0 aromatic carbocycles. The van der Waals surface area contributed by atoms with E-state index < -0.39 is 0 Å². The Morgan fingerprint density at radius 2 is 2.29 bits per heavy atom. The van der Waals surface area contributed by atoms with Crippen LogP contribution in [0.5, 0.6) is 0 Å². The zero-order chi connectivity index (χ0) is 12.0. The third kappa shape index (κ3) is 1.47. The highest BCUT2D eigenvalue weighted by molar-refractivity contribution is 6.28. The molecule has 0 atom stereocenters. The molecule has 0 spiro atoms. The maximum Gasteiger partial charge on any atom is 0.241 e. The molecule has 2 aromatic heterocycles. The van der Waals surface area contributed by atoms with Crippen molar-refractivity contribution in [3.8, 4) is 0 Å². The highest BCUT2D eigenvalue weighted by Gasteiger charge is 2.40. The van der Waals surface area contributed by atoms with Crippen LogP contribution >= 0.6 is 11.6 Å². The molecule has 2 heterocycles. The molecule has 2 aromatic rings. The van der Waals surface area contributed by atoms with Gasteiger partial charge in [-0.1, -0.05) is 13.3 Å². The molecule has 5 heteroatoms. The van der Waals surface area contributed by atoms with E-state index in [9.17, 15) is 4.39 Å². The van der Waals surface area contributed by atoms with Gasteiger partial charge in [0.05, 0.1) is 11.9 Å². The lowest BCUT2D eigenvalue weighted by molar-refractivity contribution is 0.224.